The monoisotopic (exact) mass is 475 g/mol. The molecule has 3 heterocycles. The third-order valence-corrected chi connectivity index (χ3v) is 11.2. The third kappa shape index (κ3) is 2.55. The van der Waals surface area contributed by atoms with Gasteiger partial charge in [0.25, 0.3) is 0 Å². The predicted molar refractivity (Wildman–Crippen MR) is 132 cm³/mol. The molecule has 1 saturated heterocycles. The number of nitrogens with zero attached hydrogens (tertiary/aromatic N) is 1. The van der Waals surface area contributed by atoms with Crippen LogP contribution >= 0.6 is 0 Å². The molecular formula is C30H37NO4. The number of aryl methyl sites for hydroxylation is 1. The first-order valence-electron chi connectivity index (χ1n) is 13.8. The van der Waals surface area contributed by atoms with Gasteiger partial charge in [0.2, 0.25) is 0 Å². The van der Waals surface area contributed by atoms with Crippen molar-refractivity contribution in [2.24, 2.45) is 17.3 Å². The van der Waals surface area contributed by atoms with Gasteiger partial charge >= 0.3 is 0 Å². The van der Waals surface area contributed by atoms with Crippen molar-refractivity contribution in [2.75, 3.05) is 26.8 Å². The van der Waals surface area contributed by atoms with Crippen LogP contribution in [0.3, 0.4) is 0 Å². The van der Waals surface area contributed by atoms with Crippen LogP contribution in [0.1, 0.15) is 60.8 Å². The molecule has 2 aromatic rings. The van der Waals surface area contributed by atoms with E-state index in [2.05, 4.69) is 24.0 Å². The summed E-state index contributed by atoms with van der Waals surface area (Å²) in [5.41, 5.74) is 5.56. The molecule has 2 unspecified atom stereocenters. The summed E-state index contributed by atoms with van der Waals surface area (Å²) in [6.45, 7) is 6.04. The standard InChI is InChI=1S/C30H37NO4/c1-19-3-6-22-13-24-28-8-9-30(32-2,23(14-28)18-34-17-21-7-12-33-16-21)27-29(28,25(22)26(19)35-27)10-11-31(24)15-20-4-5-20/h3,6-7,12,16,20,23-24,27H,4-5,8-11,13-15,17-18H2,1-2H3/t23?,24-,27-,28-,29+,30?/m1/s1. The molecule has 186 valence electrons. The summed E-state index contributed by atoms with van der Waals surface area (Å²) < 4.78 is 25.4. The first kappa shape index (κ1) is 21.3. The molecule has 4 bridgehead atoms. The number of furan rings is 1. The molecule has 7 aliphatic rings. The van der Waals surface area contributed by atoms with Gasteiger partial charge in [-0.05, 0) is 81.5 Å². The summed E-state index contributed by atoms with van der Waals surface area (Å²) >= 11 is 0. The number of rotatable bonds is 7. The first-order valence-corrected chi connectivity index (χ1v) is 13.8. The molecule has 1 aromatic carbocycles. The molecule has 0 radical (unpaired) electrons. The minimum absolute atomic E-state index is 0.0853. The van der Waals surface area contributed by atoms with Crippen LogP contribution in [0.4, 0.5) is 0 Å². The molecule has 1 aromatic heterocycles. The van der Waals surface area contributed by atoms with Crippen LogP contribution in [0.15, 0.2) is 35.1 Å². The van der Waals surface area contributed by atoms with E-state index in [4.69, 9.17) is 18.6 Å². The smallest absolute Gasteiger partial charge is 0.138 e. The van der Waals surface area contributed by atoms with Gasteiger partial charge in [0.15, 0.2) is 0 Å². The number of piperidine rings is 1. The lowest BCUT2D eigenvalue weighted by Crippen LogP contribution is -2.81. The van der Waals surface area contributed by atoms with Gasteiger partial charge in [-0.25, -0.2) is 0 Å². The van der Waals surface area contributed by atoms with Crippen molar-refractivity contribution in [3.8, 4) is 5.75 Å². The van der Waals surface area contributed by atoms with E-state index in [0.29, 0.717) is 25.2 Å². The Morgan fingerprint density at radius 3 is 2.86 bits per heavy atom. The highest BCUT2D eigenvalue weighted by atomic mass is 16.6. The molecule has 0 N–H and O–H groups in total. The highest BCUT2D eigenvalue weighted by Gasteiger charge is 2.80. The van der Waals surface area contributed by atoms with Gasteiger partial charge in [-0.3, -0.25) is 4.90 Å². The van der Waals surface area contributed by atoms with Gasteiger partial charge in [0.05, 0.1) is 25.7 Å². The molecule has 6 atom stereocenters. The summed E-state index contributed by atoms with van der Waals surface area (Å²) in [4.78, 5) is 2.91. The molecule has 2 spiro atoms. The van der Waals surface area contributed by atoms with Gasteiger partial charge in [0.1, 0.15) is 17.5 Å². The second-order valence-electron chi connectivity index (χ2n) is 12.5. The van der Waals surface area contributed by atoms with E-state index < -0.39 is 0 Å². The molecule has 5 nitrogen and oxygen atoms in total. The minimum Gasteiger partial charge on any atom is -0.486 e. The molecule has 5 fully saturated rings. The number of ether oxygens (including phenoxy) is 3. The highest BCUT2D eigenvalue weighted by molar-refractivity contribution is 5.61. The second kappa shape index (κ2) is 7.14. The second-order valence-corrected chi connectivity index (χ2v) is 12.5. The van der Waals surface area contributed by atoms with Crippen molar-refractivity contribution in [3.63, 3.8) is 0 Å². The zero-order valence-corrected chi connectivity index (χ0v) is 21.1. The van der Waals surface area contributed by atoms with Gasteiger partial charge in [-0.15, -0.1) is 0 Å². The van der Waals surface area contributed by atoms with Crippen molar-refractivity contribution < 1.29 is 18.6 Å². The summed E-state index contributed by atoms with van der Waals surface area (Å²) in [5.74, 6) is 2.45. The number of fused-ring (bicyclic) bond motifs is 2. The van der Waals surface area contributed by atoms with Crippen molar-refractivity contribution in [1.82, 2.24) is 4.90 Å². The Hall–Kier alpha value is -1.82. The molecule has 5 aliphatic carbocycles. The van der Waals surface area contributed by atoms with Crippen molar-refractivity contribution >= 4 is 0 Å². The number of hydrogen-bond acceptors (Lipinski definition) is 5. The normalized spacial score (nSPS) is 40.6. The van der Waals surface area contributed by atoms with E-state index in [9.17, 15) is 0 Å². The highest BCUT2D eigenvalue weighted by Crippen LogP contribution is 2.76. The number of hydrogen-bond donors (Lipinski definition) is 0. The average Bonchev–Trinajstić information content (AvgIpc) is 3.38. The van der Waals surface area contributed by atoms with Crippen molar-refractivity contribution in [1.29, 1.82) is 0 Å². The first-order chi connectivity index (χ1) is 17.1. The van der Waals surface area contributed by atoms with Crippen LogP contribution in [0.5, 0.6) is 5.75 Å². The van der Waals surface area contributed by atoms with Crippen LogP contribution in [-0.4, -0.2) is 49.5 Å². The lowest BCUT2D eigenvalue weighted by molar-refractivity contribution is -0.283. The van der Waals surface area contributed by atoms with E-state index in [1.54, 1.807) is 23.7 Å². The van der Waals surface area contributed by atoms with E-state index in [1.807, 2.05) is 13.2 Å². The summed E-state index contributed by atoms with van der Waals surface area (Å²) in [5, 5.41) is 0. The van der Waals surface area contributed by atoms with Gasteiger partial charge in [-0.1, -0.05) is 12.1 Å². The molecule has 2 aliphatic heterocycles. The Morgan fingerprint density at radius 2 is 2.06 bits per heavy atom. The van der Waals surface area contributed by atoms with Gasteiger partial charge in [-0.2, -0.15) is 0 Å². The molecule has 9 rings (SSSR count). The summed E-state index contributed by atoms with van der Waals surface area (Å²) in [7, 11) is 1.93. The molecule has 35 heavy (non-hydrogen) atoms. The third-order valence-electron chi connectivity index (χ3n) is 11.2. The Balaban J connectivity index is 1.24. The van der Waals surface area contributed by atoms with Gasteiger partial charge < -0.3 is 18.6 Å². The van der Waals surface area contributed by atoms with Gasteiger partial charge in [0, 0.05) is 47.6 Å². The molecule has 0 amide bonds. The Morgan fingerprint density at radius 1 is 1.14 bits per heavy atom. The fourth-order valence-electron chi connectivity index (χ4n) is 9.59. The maximum absolute atomic E-state index is 7.13. The molecular weight excluding hydrogens is 438 g/mol. The van der Waals surface area contributed by atoms with E-state index in [0.717, 1.165) is 17.9 Å². The van der Waals surface area contributed by atoms with Crippen LogP contribution in [0.25, 0.3) is 0 Å². The fraction of sp³-hybridized carbons (Fsp3) is 0.667. The van der Waals surface area contributed by atoms with Crippen molar-refractivity contribution in [3.05, 3.63) is 53.0 Å². The topological polar surface area (TPSA) is 44.1 Å². The fourth-order valence-corrected chi connectivity index (χ4v) is 9.59. The van der Waals surface area contributed by atoms with Crippen LogP contribution in [0.2, 0.25) is 0 Å². The number of benzene rings is 1. The lowest BCUT2D eigenvalue weighted by Gasteiger charge is -2.74. The van der Waals surface area contributed by atoms with Crippen LogP contribution in [0, 0.1) is 24.2 Å². The van der Waals surface area contributed by atoms with E-state index >= 15 is 0 Å². The average molecular weight is 476 g/mol. The molecule has 5 heteroatoms. The van der Waals surface area contributed by atoms with Crippen LogP contribution < -0.4 is 4.74 Å². The maximum atomic E-state index is 7.13. The quantitative estimate of drug-likeness (QED) is 0.562. The summed E-state index contributed by atoms with van der Waals surface area (Å²) in [6, 6.07) is 7.33. The Labute approximate surface area is 208 Å². The lowest BCUT2D eigenvalue weighted by atomic mass is 9.35. The van der Waals surface area contributed by atoms with Crippen LogP contribution in [-0.2, 0) is 27.9 Å². The SMILES string of the molecule is COC12CC[C@@]3(CC1COCc1ccoc1)[C@H]1Cc4ccc(C)c5c4[C@@]3(CCN1CC1CC1)[C@H]2O5. The van der Waals surface area contributed by atoms with E-state index in [-0.39, 0.29) is 22.5 Å². The Bertz CT molecular complexity index is 1160. The minimum atomic E-state index is -0.290. The summed E-state index contributed by atoms with van der Waals surface area (Å²) in [6.07, 6.45) is 12.3. The maximum Gasteiger partial charge on any atom is 0.138 e. The predicted octanol–water partition coefficient (Wildman–Crippen LogP) is 5.03. The zero-order chi connectivity index (χ0) is 23.4. The number of likely N-dealkylation sites (tertiary alicyclic amines) is 1. The largest absolute Gasteiger partial charge is 0.486 e. The number of methoxy groups -OCH3 is 1. The molecule has 4 saturated carbocycles. The zero-order valence-electron chi connectivity index (χ0n) is 21.1. The van der Waals surface area contributed by atoms with E-state index in [1.165, 1.54) is 62.9 Å². The Kier molecular flexibility index (Phi) is 4.34. The van der Waals surface area contributed by atoms with Crippen molar-refractivity contribution in [2.45, 2.75) is 81.6 Å².